The number of hydrogen-bond acceptors (Lipinski definition) is 3. The Bertz CT molecular complexity index is 456. The normalized spacial score (nSPS) is 22.5. The largest absolute Gasteiger partial charge is 0.374 e. The van der Waals surface area contributed by atoms with E-state index in [1.165, 1.54) is 6.07 Å². The summed E-state index contributed by atoms with van der Waals surface area (Å²) in [5, 5.41) is 0. The van der Waals surface area contributed by atoms with Crippen LogP contribution in [0.2, 0.25) is 0 Å². The van der Waals surface area contributed by atoms with Crippen molar-refractivity contribution in [1.29, 1.82) is 0 Å². The highest BCUT2D eigenvalue weighted by atomic mass is 19.2. The molecule has 1 saturated heterocycles. The monoisotopic (exact) mass is 274 g/mol. The van der Waals surface area contributed by atoms with Gasteiger partial charge in [0, 0.05) is 18.7 Å². The van der Waals surface area contributed by atoms with Gasteiger partial charge in [-0.05, 0) is 12.6 Å². The molecule has 0 radical (unpaired) electrons. The zero-order chi connectivity index (χ0) is 14.0. The molecule has 19 heavy (non-hydrogen) atoms. The van der Waals surface area contributed by atoms with E-state index in [2.05, 4.69) is 4.90 Å². The predicted octanol–water partition coefficient (Wildman–Crippen LogP) is 1.82. The molecule has 1 aromatic rings. The number of benzene rings is 1. The van der Waals surface area contributed by atoms with Gasteiger partial charge in [0.25, 0.3) is 0 Å². The van der Waals surface area contributed by atoms with Crippen LogP contribution in [0.5, 0.6) is 0 Å². The smallest absolute Gasteiger partial charge is 0.194 e. The van der Waals surface area contributed by atoms with Crippen LogP contribution in [0.25, 0.3) is 0 Å². The summed E-state index contributed by atoms with van der Waals surface area (Å²) in [6.07, 6.45) is -0.423. The summed E-state index contributed by atoms with van der Waals surface area (Å²) in [6, 6.07) is 1.24. The molecule has 2 N–H and O–H groups in total. The van der Waals surface area contributed by atoms with E-state index < -0.39 is 29.6 Å². The second kappa shape index (κ2) is 5.90. The highest BCUT2D eigenvalue weighted by Crippen LogP contribution is 2.25. The predicted molar refractivity (Wildman–Crippen MR) is 65.1 cm³/mol. The molecular weight excluding hydrogens is 257 g/mol. The fourth-order valence-corrected chi connectivity index (χ4v) is 2.23. The van der Waals surface area contributed by atoms with Crippen LogP contribution in [-0.2, 0) is 4.74 Å². The van der Waals surface area contributed by atoms with E-state index in [9.17, 15) is 13.2 Å². The van der Waals surface area contributed by atoms with E-state index >= 15 is 0 Å². The number of morpholine rings is 1. The second-order valence-electron chi connectivity index (χ2n) is 4.59. The van der Waals surface area contributed by atoms with Crippen molar-refractivity contribution >= 4 is 0 Å². The molecule has 1 fully saturated rings. The first-order valence-corrected chi connectivity index (χ1v) is 6.27. The first-order valence-electron chi connectivity index (χ1n) is 6.27. The van der Waals surface area contributed by atoms with Crippen molar-refractivity contribution in [3.63, 3.8) is 0 Å². The molecule has 2 rings (SSSR count). The first kappa shape index (κ1) is 14.3. The van der Waals surface area contributed by atoms with Crippen molar-refractivity contribution in [2.45, 2.75) is 19.1 Å². The van der Waals surface area contributed by atoms with Gasteiger partial charge in [0.1, 0.15) is 0 Å². The third-order valence-corrected chi connectivity index (χ3v) is 3.45. The molecule has 0 saturated carbocycles. The zero-order valence-electron chi connectivity index (χ0n) is 10.7. The lowest BCUT2D eigenvalue weighted by molar-refractivity contribution is -0.0398. The molecule has 0 amide bonds. The molecule has 106 valence electrons. The zero-order valence-corrected chi connectivity index (χ0v) is 10.7. The van der Waals surface area contributed by atoms with E-state index in [-0.39, 0.29) is 5.56 Å². The Morgan fingerprint density at radius 3 is 2.79 bits per heavy atom. The number of halogens is 3. The average Bonchev–Trinajstić information content (AvgIpc) is 2.44. The number of likely N-dealkylation sites (N-methyl/N-ethyl adjacent to an activating group) is 1. The summed E-state index contributed by atoms with van der Waals surface area (Å²) in [5.41, 5.74) is 5.87. The fraction of sp³-hybridized carbons (Fsp3) is 0.538. The molecule has 0 aromatic heterocycles. The van der Waals surface area contributed by atoms with Crippen LogP contribution in [-0.4, -0.2) is 37.2 Å². The SMILES string of the molecule is CCN1CCOC(C(N)c2ccc(F)c(F)c2F)C1. The van der Waals surface area contributed by atoms with E-state index in [1.807, 2.05) is 6.92 Å². The Labute approximate surface area is 110 Å². The van der Waals surface area contributed by atoms with Gasteiger partial charge in [-0.2, -0.15) is 0 Å². The van der Waals surface area contributed by atoms with Gasteiger partial charge in [0.05, 0.1) is 18.8 Å². The highest BCUT2D eigenvalue weighted by molar-refractivity contribution is 5.24. The van der Waals surface area contributed by atoms with Gasteiger partial charge in [-0.25, -0.2) is 13.2 Å². The Hall–Kier alpha value is -1.11. The van der Waals surface area contributed by atoms with Gasteiger partial charge in [0.2, 0.25) is 0 Å². The molecule has 1 aliphatic heterocycles. The van der Waals surface area contributed by atoms with Gasteiger partial charge >= 0.3 is 0 Å². The van der Waals surface area contributed by atoms with Gasteiger partial charge in [0.15, 0.2) is 17.5 Å². The summed E-state index contributed by atoms with van der Waals surface area (Å²) >= 11 is 0. The number of nitrogens with zero attached hydrogens (tertiary/aromatic N) is 1. The summed E-state index contributed by atoms with van der Waals surface area (Å²) in [7, 11) is 0. The quantitative estimate of drug-likeness (QED) is 0.855. The Morgan fingerprint density at radius 1 is 1.37 bits per heavy atom. The van der Waals surface area contributed by atoms with Gasteiger partial charge in [-0.3, -0.25) is 4.90 Å². The summed E-state index contributed by atoms with van der Waals surface area (Å²) in [5.74, 6) is -3.94. The minimum Gasteiger partial charge on any atom is -0.374 e. The minimum absolute atomic E-state index is 0.0538. The van der Waals surface area contributed by atoms with Crippen LogP contribution >= 0.6 is 0 Å². The van der Waals surface area contributed by atoms with Crippen molar-refractivity contribution in [1.82, 2.24) is 4.90 Å². The van der Waals surface area contributed by atoms with Crippen molar-refractivity contribution in [2.75, 3.05) is 26.2 Å². The number of hydrogen-bond donors (Lipinski definition) is 1. The van der Waals surface area contributed by atoms with Crippen molar-refractivity contribution in [2.24, 2.45) is 5.73 Å². The molecule has 2 atom stereocenters. The lowest BCUT2D eigenvalue weighted by Gasteiger charge is -2.35. The van der Waals surface area contributed by atoms with Crippen LogP contribution in [0.1, 0.15) is 18.5 Å². The first-order chi connectivity index (χ1) is 9.04. The van der Waals surface area contributed by atoms with Gasteiger partial charge in [-0.15, -0.1) is 0 Å². The number of rotatable bonds is 3. The summed E-state index contributed by atoms with van der Waals surface area (Å²) in [6.45, 7) is 4.69. The van der Waals surface area contributed by atoms with Crippen LogP contribution < -0.4 is 5.73 Å². The third-order valence-electron chi connectivity index (χ3n) is 3.45. The van der Waals surface area contributed by atoms with E-state index in [4.69, 9.17) is 10.5 Å². The van der Waals surface area contributed by atoms with E-state index in [0.717, 1.165) is 19.2 Å². The van der Waals surface area contributed by atoms with Crippen LogP contribution in [0.15, 0.2) is 12.1 Å². The maximum absolute atomic E-state index is 13.7. The lowest BCUT2D eigenvalue weighted by atomic mass is 10.00. The Kier molecular flexibility index (Phi) is 4.44. The number of nitrogens with two attached hydrogens (primary N) is 1. The van der Waals surface area contributed by atoms with Gasteiger partial charge in [-0.1, -0.05) is 13.0 Å². The Balaban J connectivity index is 2.19. The average molecular weight is 274 g/mol. The standard InChI is InChI=1S/C13H17F3N2O/c1-2-18-5-6-19-10(7-18)13(17)8-3-4-9(14)12(16)11(8)15/h3-4,10,13H,2,5-7,17H2,1H3. The molecule has 0 bridgehead atoms. The summed E-state index contributed by atoms with van der Waals surface area (Å²) < 4.78 is 45.3. The maximum Gasteiger partial charge on any atom is 0.194 e. The molecule has 3 nitrogen and oxygen atoms in total. The molecule has 1 aromatic carbocycles. The molecule has 0 aliphatic carbocycles. The molecular formula is C13H17F3N2O. The lowest BCUT2D eigenvalue weighted by Crippen LogP contribution is -2.47. The van der Waals surface area contributed by atoms with Crippen LogP contribution in [0, 0.1) is 17.5 Å². The molecule has 6 heteroatoms. The van der Waals surface area contributed by atoms with E-state index in [0.29, 0.717) is 13.2 Å². The van der Waals surface area contributed by atoms with Crippen LogP contribution in [0.3, 0.4) is 0 Å². The third kappa shape index (κ3) is 2.91. The van der Waals surface area contributed by atoms with Crippen molar-refractivity contribution in [3.05, 3.63) is 35.1 Å². The van der Waals surface area contributed by atoms with Crippen molar-refractivity contribution in [3.8, 4) is 0 Å². The fourth-order valence-electron chi connectivity index (χ4n) is 2.23. The van der Waals surface area contributed by atoms with Gasteiger partial charge < -0.3 is 10.5 Å². The molecule has 2 unspecified atom stereocenters. The molecule has 1 heterocycles. The molecule has 0 spiro atoms. The number of ether oxygens (including phenoxy) is 1. The minimum atomic E-state index is -1.49. The topological polar surface area (TPSA) is 38.5 Å². The van der Waals surface area contributed by atoms with Crippen LogP contribution in [0.4, 0.5) is 13.2 Å². The summed E-state index contributed by atoms with van der Waals surface area (Å²) in [4.78, 5) is 2.12. The molecule has 1 aliphatic rings. The highest BCUT2D eigenvalue weighted by Gasteiger charge is 2.29. The second-order valence-corrected chi connectivity index (χ2v) is 4.59. The Morgan fingerprint density at radius 2 is 2.11 bits per heavy atom. The van der Waals surface area contributed by atoms with Crippen molar-refractivity contribution < 1.29 is 17.9 Å². The van der Waals surface area contributed by atoms with E-state index in [1.54, 1.807) is 0 Å². The maximum atomic E-state index is 13.7.